The number of hydrogen-bond acceptors (Lipinski definition) is 8. The van der Waals surface area contributed by atoms with E-state index in [9.17, 15) is 39.0 Å². The number of carbonyl (C=O) groups is 6. The number of aromatic carboxylic acids is 2. The first-order chi connectivity index (χ1) is 38.8. The number of carboxylic acids is 2. The van der Waals surface area contributed by atoms with Crippen molar-refractivity contribution in [2.45, 2.75) is 163 Å². The Balaban J connectivity index is 0.000000801. The molecule has 2 aromatic carbocycles. The fraction of sp³-hybridized carbons (Fsp3) is 0.400. The van der Waals surface area contributed by atoms with E-state index in [0.717, 1.165) is 77.0 Å². The van der Waals surface area contributed by atoms with Crippen LogP contribution in [0.4, 0.5) is 0 Å². The summed E-state index contributed by atoms with van der Waals surface area (Å²) < 4.78 is 10.7. The molecule has 10 nitrogen and oxygen atoms in total. The largest absolute Gasteiger partial charge is 0.478 e. The van der Waals surface area contributed by atoms with Gasteiger partial charge in [-0.05, 0) is 133 Å². The van der Waals surface area contributed by atoms with Gasteiger partial charge >= 0.3 is 23.9 Å². The summed E-state index contributed by atoms with van der Waals surface area (Å²) in [7, 11) is 0. The number of para-hydroxylation sites is 2. The van der Waals surface area contributed by atoms with Crippen LogP contribution in [0.3, 0.4) is 0 Å². The molecule has 2 atom stereocenters. The van der Waals surface area contributed by atoms with Crippen LogP contribution in [0, 0.1) is 17.8 Å². The summed E-state index contributed by atoms with van der Waals surface area (Å²) >= 11 is 0. The first-order valence-electron chi connectivity index (χ1n) is 28.7. The van der Waals surface area contributed by atoms with Crippen molar-refractivity contribution in [2.24, 2.45) is 17.8 Å². The lowest BCUT2D eigenvalue weighted by molar-refractivity contribution is -0.142. The lowest BCUT2D eigenvalue weighted by Crippen LogP contribution is -2.25. The molecule has 0 radical (unpaired) electrons. The van der Waals surface area contributed by atoms with Gasteiger partial charge < -0.3 is 19.7 Å². The van der Waals surface area contributed by atoms with Gasteiger partial charge in [0.1, 0.15) is 34.2 Å². The number of allylic oxidation sites excluding steroid dienone is 24. The normalized spacial score (nSPS) is 13.1. The zero-order valence-electron chi connectivity index (χ0n) is 48.5. The van der Waals surface area contributed by atoms with E-state index in [1.165, 1.54) is 24.3 Å². The quantitative estimate of drug-likeness (QED) is 0.0372. The van der Waals surface area contributed by atoms with Crippen molar-refractivity contribution < 1.29 is 48.5 Å². The average Bonchev–Trinajstić information content (AvgIpc) is 3.43. The summed E-state index contributed by atoms with van der Waals surface area (Å²) in [5.41, 5.74) is -0.155. The maximum Gasteiger partial charge on any atom is 0.339 e. The third-order valence-corrected chi connectivity index (χ3v) is 11.9. The summed E-state index contributed by atoms with van der Waals surface area (Å²) in [5.74, 6) is -4.48. The van der Waals surface area contributed by atoms with Gasteiger partial charge in [-0.3, -0.25) is 19.2 Å². The van der Waals surface area contributed by atoms with Gasteiger partial charge in [0.2, 0.25) is 0 Å². The minimum atomic E-state index is -1.17. The molecule has 0 aromatic heterocycles. The van der Waals surface area contributed by atoms with Crippen molar-refractivity contribution in [1.82, 2.24) is 0 Å². The van der Waals surface area contributed by atoms with Crippen LogP contribution in [0.5, 0.6) is 11.5 Å². The fourth-order valence-electron chi connectivity index (χ4n) is 7.60. The lowest BCUT2D eigenvalue weighted by Gasteiger charge is -2.17. The van der Waals surface area contributed by atoms with Crippen molar-refractivity contribution in [1.29, 1.82) is 0 Å². The van der Waals surface area contributed by atoms with Crippen LogP contribution < -0.4 is 9.47 Å². The predicted molar refractivity (Wildman–Crippen MR) is 329 cm³/mol. The van der Waals surface area contributed by atoms with Crippen LogP contribution >= 0.6 is 0 Å². The number of benzene rings is 2. The Morgan fingerprint density at radius 3 is 0.963 bits per heavy atom. The van der Waals surface area contributed by atoms with Gasteiger partial charge in [-0.1, -0.05) is 205 Å². The summed E-state index contributed by atoms with van der Waals surface area (Å²) in [6.07, 6.45) is 66.0. The molecule has 2 unspecified atom stereocenters. The van der Waals surface area contributed by atoms with Crippen molar-refractivity contribution in [2.75, 3.05) is 0 Å². The zero-order chi connectivity index (χ0) is 58.7. The van der Waals surface area contributed by atoms with Crippen molar-refractivity contribution in [3.05, 3.63) is 205 Å². The minimum Gasteiger partial charge on any atom is -0.478 e. The SMILES string of the molecule is CC/C=C\C/C=C\C/C=C\C/C=C\C/C=C\C/C=C\CCC(=O)CC(CC(C)C)C(=O)Oc1ccccc1C(=O)O.CC/C=C\C/C=C\C/C=C\C/C=C\C/C=C\C/C=C\CCC(=O)CC(CC)C(=O)Oc1ccccc1C(=O)O. The number of hydrogen-bond donors (Lipinski definition) is 2. The molecular formula is C70H92O10. The number of ether oxygens (including phenoxy) is 2. The first kappa shape index (κ1) is 70.6. The van der Waals surface area contributed by atoms with Crippen LogP contribution in [-0.4, -0.2) is 45.7 Å². The molecule has 80 heavy (non-hydrogen) atoms. The highest BCUT2D eigenvalue weighted by molar-refractivity contribution is 5.93. The monoisotopic (exact) mass is 1090 g/mol. The number of carbonyl (C=O) groups excluding carboxylic acids is 4. The molecule has 2 rings (SSSR count). The maximum atomic E-state index is 12.8. The highest BCUT2D eigenvalue weighted by Crippen LogP contribution is 2.25. The van der Waals surface area contributed by atoms with E-state index in [1.54, 1.807) is 24.3 Å². The number of ketones is 2. The molecule has 0 spiro atoms. The Morgan fingerprint density at radius 1 is 0.400 bits per heavy atom. The molecule has 0 aliphatic rings. The van der Waals surface area contributed by atoms with E-state index in [2.05, 4.69) is 135 Å². The summed E-state index contributed by atoms with van der Waals surface area (Å²) in [5, 5.41) is 18.6. The van der Waals surface area contributed by atoms with Gasteiger partial charge in [-0.15, -0.1) is 0 Å². The van der Waals surface area contributed by atoms with E-state index in [4.69, 9.17) is 9.47 Å². The number of Topliss-reactive ketones (excluding diaryl/α,β-unsaturated/α-hetero) is 2. The second-order valence-corrected chi connectivity index (χ2v) is 19.3. The van der Waals surface area contributed by atoms with Crippen molar-refractivity contribution >= 4 is 35.4 Å². The van der Waals surface area contributed by atoms with E-state index in [0.29, 0.717) is 38.5 Å². The third kappa shape index (κ3) is 38.2. The van der Waals surface area contributed by atoms with Crippen LogP contribution in [-0.2, 0) is 19.2 Å². The predicted octanol–water partition coefficient (Wildman–Crippen LogP) is 18.1. The average molecular weight is 1090 g/mol. The Labute approximate surface area is 479 Å². The van der Waals surface area contributed by atoms with Gasteiger partial charge in [-0.25, -0.2) is 9.59 Å². The summed E-state index contributed by atoms with van der Waals surface area (Å²) in [4.78, 5) is 73.0. The second kappa shape index (κ2) is 48.6. The molecule has 0 saturated heterocycles. The Kier molecular flexibility index (Phi) is 42.9. The number of carboxylic acid groups (broad SMARTS) is 2. The Bertz CT molecular complexity index is 2470. The van der Waals surface area contributed by atoms with E-state index >= 15 is 0 Å². The molecule has 0 aliphatic carbocycles. The molecule has 2 N–H and O–H groups in total. The van der Waals surface area contributed by atoms with Crippen LogP contribution in [0.15, 0.2) is 194 Å². The fourth-order valence-corrected chi connectivity index (χ4v) is 7.60. The van der Waals surface area contributed by atoms with Gasteiger partial charge in [-0.2, -0.15) is 0 Å². The Morgan fingerprint density at radius 2 is 0.675 bits per heavy atom. The molecule has 432 valence electrons. The van der Waals surface area contributed by atoms with Gasteiger partial charge in [0.05, 0.1) is 11.8 Å². The highest BCUT2D eigenvalue weighted by atomic mass is 16.5. The standard InChI is InChI=1S/C36H48O5.C34H44O5/c1-4-5-6-7-8-9-10-11-12-13-14-15-16-17-18-19-20-21-22-25-32(37)29-31(28-30(2)3)36(40)41-34-27-24-23-26-33(34)35(38)39;1-3-5-6-7-8-9-10-11-12-13-14-15-16-17-18-19-20-21-22-25-30(35)28-29(4-2)34(38)39-32-27-24-23-26-31(32)33(36)37/h5-6,8-9,11-12,14-15,17-18,20-21,23-24,26-27,30-31H,4,7,10,13,16,19,22,25,28-29H2,1-3H3,(H,38,39);5-6,8-9,11-12,14-15,17-18,20-21,23-24,26-27,29H,3-4,7,10,13,16,19,22,25,28H2,1-2H3,(H,36,37)/b2*6-5-,9-8-,12-11-,15-14-,18-17-,21-20-. The lowest BCUT2D eigenvalue weighted by atomic mass is 9.91. The van der Waals surface area contributed by atoms with Gasteiger partial charge in [0.25, 0.3) is 0 Å². The van der Waals surface area contributed by atoms with Crippen LogP contribution in [0.25, 0.3) is 0 Å². The van der Waals surface area contributed by atoms with E-state index < -0.39 is 35.7 Å². The number of esters is 2. The van der Waals surface area contributed by atoms with Crippen LogP contribution in [0.1, 0.15) is 184 Å². The molecule has 2 aromatic rings. The van der Waals surface area contributed by atoms with E-state index in [-0.39, 0.29) is 53.0 Å². The molecule has 0 bridgehead atoms. The topological polar surface area (TPSA) is 161 Å². The molecule has 10 heteroatoms. The maximum absolute atomic E-state index is 12.8. The Hall–Kier alpha value is -7.46. The first-order valence-corrected chi connectivity index (χ1v) is 28.7. The molecule has 0 saturated carbocycles. The second-order valence-electron chi connectivity index (χ2n) is 19.3. The smallest absolute Gasteiger partial charge is 0.339 e. The van der Waals surface area contributed by atoms with Crippen LogP contribution in [0.2, 0.25) is 0 Å². The molecule has 0 aliphatic heterocycles. The number of rotatable bonds is 41. The molecule has 0 amide bonds. The third-order valence-electron chi connectivity index (χ3n) is 11.9. The van der Waals surface area contributed by atoms with Gasteiger partial charge in [0, 0.05) is 25.7 Å². The molecular weight excluding hydrogens is 1000 g/mol. The van der Waals surface area contributed by atoms with Crippen molar-refractivity contribution in [3.63, 3.8) is 0 Å². The molecule has 0 fully saturated rings. The van der Waals surface area contributed by atoms with Crippen molar-refractivity contribution in [3.8, 4) is 11.5 Å². The summed E-state index contributed by atoms with van der Waals surface area (Å²) in [6.45, 7) is 10.1. The minimum absolute atomic E-state index is 0.00104. The zero-order valence-corrected chi connectivity index (χ0v) is 48.5. The highest BCUT2D eigenvalue weighted by Gasteiger charge is 2.27. The summed E-state index contributed by atoms with van der Waals surface area (Å²) in [6, 6.07) is 12.0. The molecule has 0 heterocycles. The van der Waals surface area contributed by atoms with E-state index in [1.807, 2.05) is 45.1 Å². The van der Waals surface area contributed by atoms with Gasteiger partial charge in [0.15, 0.2) is 0 Å².